The molecule has 112 valence electrons. The second kappa shape index (κ2) is 3.95. The van der Waals surface area contributed by atoms with E-state index in [1.165, 1.54) is 0 Å². The van der Waals surface area contributed by atoms with Gasteiger partial charge in [-0.15, -0.1) is 0 Å². The van der Waals surface area contributed by atoms with E-state index < -0.39 is 34.5 Å². The third kappa shape index (κ3) is 1.36. The second-order valence-electron chi connectivity index (χ2n) is 6.59. The van der Waals surface area contributed by atoms with Gasteiger partial charge in [0.25, 0.3) is 0 Å². The average molecular weight is 283 g/mol. The van der Waals surface area contributed by atoms with Crippen molar-refractivity contribution in [1.29, 1.82) is 0 Å². The number of carbonyl (C=O) groups excluding carboxylic acids is 1. The zero-order chi connectivity index (χ0) is 14.8. The lowest BCUT2D eigenvalue weighted by Crippen LogP contribution is -2.61. The van der Waals surface area contributed by atoms with E-state index >= 15 is 0 Å². The van der Waals surface area contributed by atoms with Crippen LogP contribution in [0.15, 0.2) is 0 Å². The van der Waals surface area contributed by atoms with Crippen molar-refractivity contribution >= 4 is 11.9 Å². The zero-order valence-corrected chi connectivity index (χ0v) is 12.1. The summed E-state index contributed by atoms with van der Waals surface area (Å²) in [7, 11) is 0. The van der Waals surface area contributed by atoms with Crippen LogP contribution in [0.5, 0.6) is 0 Å². The van der Waals surface area contributed by atoms with E-state index in [2.05, 4.69) is 5.32 Å². The minimum Gasteiger partial charge on any atom is -0.481 e. The summed E-state index contributed by atoms with van der Waals surface area (Å²) in [6.07, 6.45) is 1.40. The maximum absolute atomic E-state index is 12.4. The first kappa shape index (κ1) is 13.8. The number of carbonyl (C=O) groups is 2. The molecule has 3 fully saturated rings. The molecular formula is C14H21NO5. The van der Waals surface area contributed by atoms with E-state index in [1.807, 2.05) is 13.8 Å². The molecule has 0 bridgehead atoms. The highest BCUT2D eigenvalue weighted by molar-refractivity contribution is 5.89. The molecule has 0 aromatic rings. The summed E-state index contributed by atoms with van der Waals surface area (Å²) in [4.78, 5) is 23.7. The van der Waals surface area contributed by atoms with E-state index in [9.17, 15) is 14.7 Å². The zero-order valence-electron chi connectivity index (χ0n) is 12.1. The van der Waals surface area contributed by atoms with Gasteiger partial charge in [-0.25, -0.2) is 0 Å². The quantitative estimate of drug-likeness (QED) is 0.781. The first-order chi connectivity index (χ1) is 9.27. The van der Waals surface area contributed by atoms with Crippen molar-refractivity contribution in [3.8, 4) is 0 Å². The fourth-order valence-electron chi connectivity index (χ4n) is 4.49. The Morgan fingerprint density at radius 3 is 2.50 bits per heavy atom. The van der Waals surface area contributed by atoms with E-state index in [-0.39, 0.29) is 5.91 Å². The van der Waals surface area contributed by atoms with Crippen molar-refractivity contribution in [2.24, 2.45) is 17.3 Å². The van der Waals surface area contributed by atoms with E-state index in [0.29, 0.717) is 26.1 Å². The SMILES string of the molecule is CC(C(=O)O)C1C(=O)NC2(C)C3(CCC12C)OCCO3. The summed E-state index contributed by atoms with van der Waals surface area (Å²) in [5.74, 6) is -3.23. The van der Waals surface area contributed by atoms with Crippen LogP contribution in [0.3, 0.4) is 0 Å². The predicted octanol–water partition coefficient (Wildman–Crippen LogP) is 0.755. The van der Waals surface area contributed by atoms with Crippen molar-refractivity contribution < 1.29 is 24.2 Å². The second-order valence-corrected chi connectivity index (χ2v) is 6.59. The number of ether oxygens (including phenoxy) is 2. The van der Waals surface area contributed by atoms with Crippen molar-refractivity contribution in [3.05, 3.63) is 0 Å². The van der Waals surface area contributed by atoms with Gasteiger partial charge in [0.05, 0.1) is 30.6 Å². The monoisotopic (exact) mass is 283 g/mol. The molecule has 1 aliphatic carbocycles. The van der Waals surface area contributed by atoms with Gasteiger partial charge in [0, 0.05) is 11.8 Å². The Kier molecular flexibility index (Phi) is 2.73. The lowest BCUT2D eigenvalue weighted by atomic mass is 9.64. The molecule has 3 rings (SSSR count). The molecule has 2 saturated heterocycles. The van der Waals surface area contributed by atoms with Crippen LogP contribution in [0, 0.1) is 17.3 Å². The molecule has 1 amide bonds. The number of aliphatic carboxylic acids is 1. The molecule has 0 aromatic heterocycles. The third-order valence-electron chi connectivity index (χ3n) is 5.86. The molecule has 6 nitrogen and oxygen atoms in total. The number of hydrogen-bond acceptors (Lipinski definition) is 4. The molecular weight excluding hydrogens is 262 g/mol. The van der Waals surface area contributed by atoms with Gasteiger partial charge in [-0.1, -0.05) is 13.8 Å². The van der Waals surface area contributed by atoms with Gasteiger partial charge in [0.1, 0.15) is 0 Å². The summed E-state index contributed by atoms with van der Waals surface area (Å²) >= 11 is 0. The molecule has 3 aliphatic rings. The third-order valence-corrected chi connectivity index (χ3v) is 5.86. The highest BCUT2D eigenvalue weighted by Crippen LogP contribution is 2.63. The Morgan fingerprint density at radius 2 is 1.95 bits per heavy atom. The number of hydrogen-bond donors (Lipinski definition) is 2. The molecule has 1 saturated carbocycles. The Balaban J connectivity index is 2.04. The summed E-state index contributed by atoms with van der Waals surface area (Å²) in [6.45, 7) is 6.54. The molecule has 6 heteroatoms. The molecule has 4 unspecified atom stereocenters. The molecule has 4 atom stereocenters. The van der Waals surface area contributed by atoms with Crippen LogP contribution in [-0.2, 0) is 19.1 Å². The number of amides is 1. The lowest BCUT2D eigenvalue weighted by Gasteiger charge is -2.44. The Bertz CT molecular complexity index is 472. The maximum Gasteiger partial charge on any atom is 0.307 e. The fourth-order valence-corrected chi connectivity index (χ4v) is 4.49. The van der Waals surface area contributed by atoms with Gasteiger partial charge in [-0.05, 0) is 13.3 Å². The van der Waals surface area contributed by atoms with Crippen LogP contribution >= 0.6 is 0 Å². The minimum absolute atomic E-state index is 0.205. The van der Waals surface area contributed by atoms with Crippen LogP contribution in [0.2, 0.25) is 0 Å². The van der Waals surface area contributed by atoms with Gasteiger partial charge in [-0.2, -0.15) is 0 Å². The standard InChI is InChI=1S/C14H21NO5/c1-8(11(17)18)9-10(16)15-13(3)12(9,2)4-5-14(13)19-6-7-20-14/h8-9H,4-7H2,1-3H3,(H,15,16)(H,17,18). The van der Waals surface area contributed by atoms with Crippen molar-refractivity contribution in [2.45, 2.75) is 44.9 Å². The van der Waals surface area contributed by atoms with Crippen molar-refractivity contribution in [1.82, 2.24) is 5.32 Å². The van der Waals surface area contributed by atoms with Gasteiger partial charge >= 0.3 is 5.97 Å². The smallest absolute Gasteiger partial charge is 0.307 e. The number of carboxylic acids is 1. The highest BCUT2D eigenvalue weighted by Gasteiger charge is 2.74. The molecule has 2 aliphatic heterocycles. The van der Waals surface area contributed by atoms with Gasteiger partial charge < -0.3 is 19.9 Å². The molecule has 2 heterocycles. The molecule has 20 heavy (non-hydrogen) atoms. The topological polar surface area (TPSA) is 84.9 Å². The van der Waals surface area contributed by atoms with Crippen LogP contribution in [-0.4, -0.2) is 41.5 Å². The first-order valence-corrected chi connectivity index (χ1v) is 7.10. The largest absolute Gasteiger partial charge is 0.481 e. The first-order valence-electron chi connectivity index (χ1n) is 7.10. The number of carboxylic acid groups (broad SMARTS) is 1. The van der Waals surface area contributed by atoms with E-state index in [1.54, 1.807) is 6.92 Å². The van der Waals surface area contributed by atoms with Crippen LogP contribution in [0.4, 0.5) is 0 Å². The van der Waals surface area contributed by atoms with Crippen molar-refractivity contribution in [2.75, 3.05) is 13.2 Å². The lowest BCUT2D eigenvalue weighted by molar-refractivity contribution is -0.203. The summed E-state index contributed by atoms with van der Waals surface area (Å²) < 4.78 is 11.7. The predicted molar refractivity (Wildman–Crippen MR) is 68.8 cm³/mol. The summed E-state index contributed by atoms with van der Waals surface area (Å²) in [5, 5.41) is 12.3. The summed E-state index contributed by atoms with van der Waals surface area (Å²) in [5.41, 5.74) is -1.16. The molecule has 2 N–H and O–H groups in total. The number of rotatable bonds is 2. The van der Waals surface area contributed by atoms with Crippen LogP contribution < -0.4 is 5.32 Å². The minimum atomic E-state index is -0.940. The molecule has 0 aromatic carbocycles. The van der Waals surface area contributed by atoms with Crippen LogP contribution in [0.1, 0.15) is 33.6 Å². The Morgan fingerprint density at radius 1 is 1.35 bits per heavy atom. The summed E-state index contributed by atoms with van der Waals surface area (Å²) in [6, 6.07) is 0. The maximum atomic E-state index is 12.4. The molecule has 0 radical (unpaired) electrons. The van der Waals surface area contributed by atoms with E-state index in [0.717, 1.165) is 0 Å². The van der Waals surface area contributed by atoms with Crippen molar-refractivity contribution in [3.63, 3.8) is 0 Å². The Hall–Kier alpha value is -1.14. The van der Waals surface area contributed by atoms with Crippen LogP contribution in [0.25, 0.3) is 0 Å². The average Bonchev–Trinajstić information content (AvgIpc) is 2.97. The van der Waals surface area contributed by atoms with Gasteiger partial charge in [0.15, 0.2) is 5.79 Å². The van der Waals surface area contributed by atoms with E-state index in [4.69, 9.17) is 9.47 Å². The van der Waals surface area contributed by atoms with Gasteiger partial charge in [-0.3, -0.25) is 9.59 Å². The highest BCUT2D eigenvalue weighted by atomic mass is 16.7. The Labute approximate surface area is 117 Å². The number of nitrogens with one attached hydrogen (secondary N) is 1. The fraction of sp³-hybridized carbons (Fsp3) is 0.857. The molecule has 1 spiro atoms. The normalized spacial score (nSPS) is 43.5. The number of fused-ring (bicyclic) bond motifs is 2. The van der Waals surface area contributed by atoms with Gasteiger partial charge in [0.2, 0.25) is 5.91 Å².